The Labute approximate surface area is 136 Å². The quantitative estimate of drug-likeness (QED) is 0.743. The molecule has 0 saturated heterocycles. The van der Waals surface area contributed by atoms with E-state index in [1.54, 1.807) is 18.3 Å². The van der Waals surface area contributed by atoms with E-state index in [-0.39, 0.29) is 22.6 Å². The van der Waals surface area contributed by atoms with E-state index in [2.05, 4.69) is 5.10 Å². The molecular formula is C16H12FN5O2. The summed E-state index contributed by atoms with van der Waals surface area (Å²) in [4.78, 5) is 12.0. The van der Waals surface area contributed by atoms with E-state index in [0.717, 1.165) is 0 Å². The first-order valence-corrected chi connectivity index (χ1v) is 6.86. The third-order valence-corrected chi connectivity index (χ3v) is 3.50. The Hall–Kier alpha value is -3.60. The maximum atomic E-state index is 14.4. The largest absolute Gasteiger partial charge is 0.464 e. The molecule has 24 heavy (non-hydrogen) atoms. The van der Waals surface area contributed by atoms with Crippen molar-refractivity contribution in [3.63, 3.8) is 0 Å². The van der Waals surface area contributed by atoms with Crippen LogP contribution in [0.1, 0.15) is 16.1 Å². The van der Waals surface area contributed by atoms with E-state index in [1.165, 1.54) is 40.9 Å². The van der Waals surface area contributed by atoms with Crippen LogP contribution in [0, 0.1) is 17.1 Å². The highest BCUT2D eigenvalue weighted by molar-refractivity contribution is 5.95. The van der Waals surface area contributed by atoms with Crippen LogP contribution in [0.25, 0.3) is 11.4 Å². The molecule has 8 heteroatoms. The van der Waals surface area contributed by atoms with Gasteiger partial charge in [0.2, 0.25) is 0 Å². The summed E-state index contributed by atoms with van der Waals surface area (Å²) in [5.41, 5.74) is 6.47. The van der Waals surface area contributed by atoms with Crippen LogP contribution in [0.5, 0.6) is 0 Å². The van der Waals surface area contributed by atoms with Crippen LogP contribution in [0.2, 0.25) is 0 Å². The van der Waals surface area contributed by atoms with Crippen molar-refractivity contribution in [2.45, 2.75) is 0 Å². The Kier molecular flexibility index (Phi) is 3.75. The van der Waals surface area contributed by atoms with Crippen molar-refractivity contribution < 1.29 is 13.9 Å². The van der Waals surface area contributed by atoms with Gasteiger partial charge in [0.15, 0.2) is 11.5 Å². The molecule has 0 saturated carbocycles. The normalized spacial score (nSPS) is 10.4. The van der Waals surface area contributed by atoms with Gasteiger partial charge in [0.25, 0.3) is 0 Å². The molecule has 3 rings (SSSR count). The number of methoxy groups -OCH3 is 1. The summed E-state index contributed by atoms with van der Waals surface area (Å²) in [5.74, 6) is -1.26. The first-order valence-electron chi connectivity index (χ1n) is 6.86. The highest BCUT2D eigenvalue weighted by Gasteiger charge is 2.22. The van der Waals surface area contributed by atoms with Crippen LogP contribution in [-0.2, 0) is 4.74 Å². The van der Waals surface area contributed by atoms with Gasteiger partial charge in [0.05, 0.1) is 18.4 Å². The molecule has 120 valence electrons. The molecular weight excluding hydrogens is 313 g/mol. The summed E-state index contributed by atoms with van der Waals surface area (Å²) < 4.78 is 21.8. The number of rotatable bonds is 3. The van der Waals surface area contributed by atoms with Gasteiger partial charge >= 0.3 is 5.97 Å². The molecule has 0 aliphatic rings. The van der Waals surface area contributed by atoms with Crippen molar-refractivity contribution in [3.8, 4) is 17.4 Å². The Balaban J connectivity index is 2.15. The molecule has 7 nitrogen and oxygen atoms in total. The number of ether oxygens (including phenoxy) is 1. The molecule has 0 aliphatic carbocycles. The second kappa shape index (κ2) is 5.89. The Morgan fingerprint density at radius 1 is 1.46 bits per heavy atom. The Morgan fingerprint density at radius 2 is 2.25 bits per heavy atom. The number of carbonyl (C=O) groups excluding carboxylic acids is 1. The number of esters is 1. The molecule has 0 atom stereocenters. The predicted octanol–water partition coefficient (Wildman–Crippen LogP) is 2.04. The summed E-state index contributed by atoms with van der Waals surface area (Å²) in [6, 6.07) is 7.90. The van der Waals surface area contributed by atoms with Crippen LogP contribution >= 0.6 is 0 Å². The smallest absolute Gasteiger partial charge is 0.357 e. The van der Waals surface area contributed by atoms with Crippen molar-refractivity contribution in [3.05, 3.63) is 59.9 Å². The first-order chi connectivity index (χ1) is 11.6. The van der Waals surface area contributed by atoms with E-state index in [0.29, 0.717) is 5.69 Å². The summed E-state index contributed by atoms with van der Waals surface area (Å²) in [6.07, 6.45) is 4.51. The van der Waals surface area contributed by atoms with Crippen molar-refractivity contribution in [1.29, 1.82) is 5.26 Å². The van der Waals surface area contributed by atoms with E-state index in [1.807, 2.05) is 6.07 Å². The summed E-state index contributed by atoms with van der Waals surface area (Å²) in [6.45, 7) is 0. The minimum absolute atomic E-state index is 0.0130. The number of nitrogen functional groups attached to an aromatic ring is 1. The summed E-state index contributed by atoms with van der Waals surface area (Å²) in [7, 11) is 1.20. The number of nitrogens with zero attached hydrogens (tertiary/aromatic N) is 4. The van der Waals surface area contributed by atoms with Gasteiger partial charge in [0, 0.05) is 30.3 Å². The van der Waals surface area contributed by atoms with Gasteiger partial charge in [-0.15, -0.1) is 0 Å². The zero-order valence-corrected chi connectivity index (χ0v) is 12.6. The van der Waals surface area contributed by atoms with Gasteiger partial charge in [-0.1, -0.05) is 0 Å². The average molecular weight is 325 g/mol. The number of aromatic nitrogens is 3. The predicted molar refractivity (Wildman–Crippen MR) is 83.3 cm³/mol. The molecule has 0 aliphatic heterocycles. The molecule has 0 spiro atoms. The molecule has 0 unspecified atom stereocenters. The zero-order valence-electron chi connectivity index (χ0n) is 12.6. The second-order valence-corrected chi connectivity index (χ2v) is 4.86. The van der Waals surface area contributed by atoms with Gasteiger partial charge in [-0.05, 0) is 18.2 Å². The lowest BCUT2D eigenvalue weighted by molar-refractivity contribution is 0.0593. The standard InChI is InChI=1S/C16H12FN5O2/c1-24-16(23)15-14(19)10(8-18)9-21(15)11-3-4-13(12(17)7-11)22-6-2-5-20-22/h2-7,9H,19H2,1H3. The fourth-order valence-corrected chi connectivity index (χ4v) is 2.36. The number of benzene rings is 1. The van der Waals surface area contributed by atoms with Gasteiger partial charge in [-0.3, -0.25) is 0 Å². The molecule has 0 radical (unpaired) electrons. The van der Waals surface area contributed by atoms with Crippen molar-refractivity contribution in [2.75, 3.05) is 12.8 Å². The maximum absolute atomic E-state index is 14.4. The third-order valence-electron chi connectivity index (χ3n) is 3.50. The topological polar surface area (TPSA) is 98.9 Å². The SMILES string of the molecule is COC(=O)c1c(N)c(C#N)cn1-c1ccc(-n2cccn2)c(F)c1. The van der Waals surface area contributed by atoms with Gasteiger partial charge in [-0.25, -0.2) is 13.9 Å². The summed E-state index contributed by atoms with van der Waals surface area (Å²) >= 11 is 0. The van der Waals surface area contributed by atoms with Gasteiger partial charge < -0.3 is 15.0 Å². The Bertz CT molecular complexity index is 954. The zero-order chi connectivity index (χ0) is 17.3. The number of hydrogen-bond donors (Lipinski definition) is 1. The minimum atomic E-state index is -0.717. The van der Waals surface area contributed by atoms with Crippen LogP contribution in [0.3, 0.4) is 0 Å². The van der Waals surface area contributed by atoms with E-state index in [9.17, 15) is 9.18 Å². The van der Waals surface area contributed by atoms with Gasteiger partial charge in [-0.2, -0.15) is 10.4 Å². The molecule has 2 heterocycles. The lowest BCUT2D eigenvalue weighted by Gasteiger charge is -2.10. The average Bonchev–Trinajstić information content (AvgIpc) is 3.21. The van der Waals surface area contributed by atoms with E-state index >= 15 is 0 Å². The molecule has 0 amide bonds. The maximum Gasteiger partial charge on any atom is 0.357 e. The van der Waals surface area contributed by atoms with Crippen molar-refractivity contribution in [1.82, 2.24) is 14.3 Å². The Morgan fingerprint density at radius 3 is 2.83 bits per heavy atom. The number of anilines is 1. The monoisotopic (exact) mass is 325 g/mol. The van der Waals surface area contributed by atoms with Crippen LogP contribution < -0.4 is 5.73 Å². The van der Waals surface area contributed by atoms with Crippen molar-refractivity contribution >= 4 is 11.7 Å². The molecule has 0 fully saturated rings. The lowest BCUT2D eigenvalue weighted by Crippen LogP contribution is -2.11. The number of halogens is 1. The fourth-order valence-electron chi connectivity index (χ4n) is 2.36. The number of hydrogen-bond acceptors (Lipinski definition) is 5. The fraction of sp³-hybridized carbons (Fsp3) is 0.0625. The molecule has 2 N–H and O–H groups in total. The number of carbonyl (C=O) groups is 1. The molecule has 2 aromatic heterocycles. The van der Waals surface area contributed by atoms with E-state index in [4.69, 9.17) is 15.7 Å². The van der Waals surface area contributed by atoms with Crippen LogP contribution in [-0.4, -0.2) is 27.4 Å². The highest BCUT2D eigenvalue weighted by atomic mass is 19.1. The molecule has 1 aromatic carbocycles. The number of nitriles is 1. The molecule has 3 aromatic rings. The minimum Gasteiger partial charge on any atom is -0.464 e. The van der Waals surface area contributed by atoms with Crippen LogP contribution in [0.15, 0.2) is 42.9 Å². The molecule has 0 bridgehead atoms. The van der Waals surface area contributed by atoms with Crippen LogP contribution in [0.4, 0.5) is 10.1 Å². The van der Waals surface area contributed by atoms with Gasteiger partial charge in [0.1, 0.15) is 11.8 Å². The first kappa shape index (κ1) is 15.3. The van der Waals surface area contributed by atoms with E-state index < -0.39 is 11.8 Å². The number of nitrogens with two attached hydrogens (primary N) is 1. The summed E-state index contributed by atoms with van der Waals surface area (Å²) in [5, 5.41) is 13.1. The van der Waals surface area contributed by atoms with Crippen molar-refractivity contribution in [2.24, 2.45) is 0 Å². The lowest BCUT2D eigenvalue weighted by atomic mass is 10.2. The third kappa shape index (κ3) is 2.38. The highest BCUT2D eigenvalue weighted by Crippen LogP contribution is 2.26. The second-order valence-electron chi connectivity index (χ2n) is 4.86.